The van der Waals surface area contributed by atoms with Gasteiger partial charge in [0, 0.05) is 12.3 Å². The summed E-state index contributed by atoms with van der Waals surface area (Å²) in [6.45, 7) is 19.7. The molecule has 1 N–H and O–H groups in total. The summed E-state index contributed by atoms with van der Waals surface area (Å²) in [6.07, 6.45) is 11.2. The van der Waals surface area contributed by atoms with Crippen molar-refractivity contribution in [3.05, 3.63) is 0 Å². The molecule has 0 spiro atoms. The second-order valence-electron chi connectivity index (χ2n) is 15.7. The highest BCUT2D eigenvalue weighted by Gasteiger charge is 2.76. The third kappa shape index (κ3) is 2.61. The van der Waals surface area contributed by atoms with Gasteiger partial charge in [-0.05, 0) is 109 Å². The standard InChI is InChI=1S/C31H50O3/c1-20-21(32)9-10-22-26(20,4)12-15-29(7)27(22,5)13-14-28(6)23-19-25(2,3)11-17-31(23,24(33)34)18-16-30(28,29)8/h20,22-23H,9-19H2,1-8H3,(H,33,34)/t20-,22+,23-,26+,27-,28-,29-,30+,31-/m0/s1. The molecule has 34 heavy (non-hydrogen) atoms. The van der Waals surface area contributed by atoms with Crippen LogP contribution >= 0.6 is 0 Å². The quantitative estimate of drug-likeness (QED) is 0.423. The van der Waals surface area contributed by atoms with Gasteiger partial charge in [0.2, 0.25) is 0 Å². The lowest BCUT2D eigenvalue weighted by Gasteiger charge is -2.78. The van der Waals surface area contributed by atoms with E-state index in [9.17, 15) is 14.7 Å². The van der Waals surface area contributed by atoms with Gasteiger partial charge in [0.05, 0.1) is 5.41 Å². The molecule has 0 saturated heterocycles. The van der Waals surface area contributed by atoms with Gasteiger partial charge in [0.25, 0.3) is 0 Å². The highest BCUT2D eigenvalue weighted by molar-refractivity contribution is 5.82. The summed E-state index contributed by atoms with van der Waals surface area (Å²) in [5.74, 6) is 0.957. The number of Topliss-reactive ketones (excluding diaryl/α,β-unsaturated/α-hetero) is 1. The Morgan fingerprint density at radius 2 is 1.29 bits per heavy atom. The van der Waals surface area contributed by atoms with Crippen LogP contribution in [0, 0.1) is 55.7 Å². The maximum absolute atomic E-state index is 12.9. The van der Waals surface area contributed by atoms with Gasteiger partial charge in [-0.2, -0.15) is 0 Å². The minimum atomic E-state index is -0.539. The number of carbonyl (C=O) groups excluding carboxylic acids is 1. The lowest BCUT2D eigenvalue weighted by Crippen LogP contribution is -2.72. The largest absolute Gasteiger partial charge is 0.481 e. The summed E-state index contributed by atoms with van der Waals surface area (Å²) in [5.41, 5.74) is 0.329. The van der Waals surface area contributed by atoms with E-state index in [1.807, 2.05) is 0 Å². The van der Waals surface area contributed by atoms with Crippen molar-refractivity contribution >= 4 is 11.8 Å². The summed E-state index contributed by atoms with van der Waals surface area (Å²) in [5, 5.41) is 10.6. The lowest BCUT2D eigenvalue weighted by molar-refractivity contribution is -0.298. The van der Waals surface area contributed by atoms with E-state index in [1.54, 1.807) is 0 Å². The zero-order valence-electron chi connectivity index (χ0n) is 23.3. The fraction of sp³-hybridized carbons (Fsp3) is 0.935. The van der Waals surface area contributed by atoms with Crippen molar-refractivity contribution in [3.8, 4) is 0 Å². The number of hydrogen-bond donors (Lipinski definition) is 1. The molecule has 0 unspecified atom stereocenters. The zero-order valence-corrected chi connectivity index (χ0v) is 23.3. The molecular formula is C31H50O3. The number of carboxylic acid groups (broad SMARTS) is 1. The third-order valence-electron chi connectivity index (χ3n) is 14.7. The zero-order chi connectivity index (χ0) is 25.2. The van der Waals surface area contributed by atoms with Crippen LogP contribution in [-0.4, -0.2) is 16.9 Å². The van der Waals surface area contributed by atoms with E-state index >= 15 is 0 Å². The highest BCUT2D eigenvalue weighted by Crippen LogP contribution is 2.82. The molecule has 0 bridgehead atoms. The van der Waals surface area contributed by atoms with Gasteiger partial charge in [-0.3, -0.25) is 9.59 Å². The first-order valence-electron chi connectivity index (χ1n) is 14.3. The van der Waals surface area contributed by atoms with Crippen molar-refractivity contribution in [2.45, 2.75) is 126 Å². The highest BCUT2D eigenvalue weighted by atomic mass is 16.4. The SMILES string of the molecule is C[C@H]1C(=O)CC[C@@H]2[C@]1(C)CC[C@]1(C)[C@]3(C)CC[C@@]4(C(=O)O)CCC(C)(C)C[C@H]4[C@]3(C)CC[C@@]21C. The van der Waals surface area contributed by atoms with Crippen LogP contribution in [-0.2, 0) is 9.59 Å². The first kappa shape index (κ1) is 24.8. The van der Waals surface area contributed by atoms with Crippen molar-refractivity contribution < 1.29 is 14.7 Å². The normalized spacial score (nSPS) is 56.5. The summed E-state index contributed by atoms with van der Waals surface area (Å²) in [6, 6.07) is 0. The molecule has 3 heteroatoms. The predicted octanol–water partition coefficient (Wildman–Crippen LogP) is 7.91. The Labute approximate surface area is 208 Å². The Kier molecular flexibility index (Phi) is 5.05. The molecule has 0 aromatic carbocycles. The molecule has 192 valence electrons. The van der Waals surface area contributed by atoms with Crippen LogP contribution in [0.25, 0.3) is 0 Å². The number of fused-ring (bicyclic) bond motifs is 7. The van der Waals surface area contributed by atoms with Crippen molar-refractivity contribution in [1.82, 2.24) is 0 Å². The number of carbonyl (C=O) groups is 2. The summed E-state index contributed by atoms with van der Waals surface area (Å²) in [4.78, 5) is 25.7. The van der Waals surface area contributed by atoms with Crippen LogP contribution in [0.1, 0.15) is 126 Å². The average Bonchev–Trinajstić information content (AvgIpc) is 2.75. The molecule has 5 aliphatic rings. The van der Waals surface area contributed by atoms with Crippen molar-refractivity contribution in [1.29, 1.82) is 0 Å². The number of rotatable bonds is 1. The van der Waals surface area contributed by atoms with E-state index in [0.717, 1.165) is 57.8 Å². The number of hydrogen-bond acceptors (Lipinski definition) is 2. The van der Waals surface area contributed by atoms with Gasteiger partial charge in [0.15, 0.2) is 0 Å². The van der Waals surface area contributed by atoms with Crippen molar-refractivity contribution in [2.75, 3.05) is 0 Å². The molecule has 0 amide bonds. The molecule has 5 aliphatic carbocycles. The topological polar surface area (TPSA) is 54.4 Å². The summed E-state index contributed by atoms with van der Waals surface area (Å²) < 4.78 is 0. The molecule has 9 atom stereocenters. The number of ketones is 1. The van der Waals surface area contributed by atoms with Gasteiger partial charge in [-0.1, -0.05) is 55.4 Å². The van der Waals surface area contributed by atoms with Crippen molar-refractivity contribution in [2.24, 2.45) is 55.7 Å². The molecule has 3 nitrogen and oxygen atoms in total. The maximum Gasteiger partial charge on any atom is 0.309 e. The predicted molar refractivity (Wildman–Crippen MR) is 136 cm³/mol. The lowest BCUT2D eigenvalue weighted by atomic mass is 9.26. The third-order valence-corrected chi connectivity index (χ3v) is 14.7. The Hall–Kier alpha value is -0.860. The van der Waals surface area contributed by atoms with Gasteiger partial charge in [-0.25, -0.2) is 0 Å². The van der Waals surface area contributed by atoms with Gasteiger partial charge in [0.1, 0.15) is 5.78 Å². The van der Waals surface area contributed by atoms with Gasteiger partial charge >= 0.3 is 5.97 Å². The second-order valence-corrected chi connectivity index (χ2v) is 15.7. The summed E-state index contributed by atoms with van der Waals surface area (Å²) >= 11 is 0. The van der Waals surface area contributed by atoms with Gasteiger partial charge in [-0.15, -0.1) is 0 Å². The smallest absolute Gasteiger partial charge is 0.309 e. The monoisotopic (exact) mass is 470 g/mol. The summed E-state index contributed by atoms with van der Waals surface area (Å²) in [7, 11) is 0. The van der Waals surface area contributed by atoms with Crippen LogP contribution in [0.5, 0.6) is 0 Å². The fourth-order valence-corrected chi connectivity index (χ4v) is 11.6. The number of aliphatic carboxylic acids is 1. The molecule has 0 aliphatic heterocycles. The fourth-order valence-electron chi connectivity index (χ4n) is 11.6. The first-order chi connectivity index (χ1) is 15.5. The second kappa shape index (κ2) is 6.91. The minimum Gasteiger partial charge on any atom is -0.481 e. The average molecular weight is 471 g/mol. The van der Waals surface area contributed by atoms with E-state index in [2.05, 4.69) is 55.4 Å². The molecule has 0 aromatic rings. The minimum absolute atomic E-state index is 0.0411. The molecule has 5 fully saturated rings. The van der Waals surface area contributed by atoms with Crippen LogP contribution in [0.4, 0.5) is 0 Å². The van der Waals surface area contributed by atoms with Crippen LogP contribution in [0.3, 0.4) is 0 Å². The van der Waals surface area contributed by atoms with E-state index in [1.165, 1.54) is 12.8 Å². The van der Waals surface area contributed by atoms with E-state index in [0.29, 0.717) is 11.7 Å². The van der Waals surface area contributed by atoms with Crippen LogP contribution in [0.2, 0.25) is 0 Å². The van der Waals surface area contributed by atoms with E-state index < -0.39 is 11.4 Å². The van der Waals surface area contributed by atoms with Crippen LogP contribution in [0.15, 0.2) is 0 Å². The van der Waals surface area contributed by atoms with E-state index in [-0.39, 0.29) is 44.3 Å². The maximum atomic E-state index is 12.9. The Bertz CT molecular complexity index is 922. The molecule has 0 heterocycles. The molecular weight excluding hydrogens is 420 g/mol. The van der Waals surface area contributed by atoms with Gasteiger partial charge < -0.3 is 5.11 Å². The van der Waals surface area contributed by atoms with Crippen molar-refractivity contribution in [3.63, 3.8) is 0 Å². The van der Waals surface area contributed by atoms with E-state index in [4.69, 9.17) is 0 Å². The first-order valence-corrected chi connectivity index (χ1v) is 14.3. The number of carboxylic acids is 1. The molecule has 5 saturated carbocycles. The molecule has 0 aromatic heterocycles. The molecule has 5 rings (SSSR count). The van der Waals surface area contributed by atoms with Crippen LogP contribution < -0.4 is 0 Å². The Balaban J connectivity index is 1.62. The Morgan fingerprint density at radius 3 is 1.88 bits per heavy atom. The Morgan fingerprint density at radius 1 is 0.765 bits per heavy atom. The molecule has 0 radical (unpaired) electrons.